The van der Waals surface area contributed by atoms with E-state index in [4.69, 9.17) is 4.74 Å². The van der Waals surface area contributed by atoms with Crippen LogP contribution in [0.4, 0.5) is 0 Å². The number of benzene rings is 2. The molecular formula is C17H14O3. The van der Waals surface area contributed by atoms with Crippen LogP contribution in [0.15, 0.2) is 72.8 Å². The summed E-state index contributed by atoms with van der Waals surface area (Å²) in [6.45, 7) is 0.198. The lowest BCUT2D eigenvalue weighted by molar-refractivity contribution is -0.139. The average Bonchev–Trinajstić information content (AvgIpc) is 2.52. The van der Waals surface area contributed by atoms with Crippen molar-refractivity contribution in [3.63, 3.8) is 0 Å². The SMILES string of the molecule is O=C(C=CC(=O)c1ccccc1)OCc1ccccc1. The van der Waals surface area contributed by atoms with E-state index in [-0.39, 0.29) is 12.4 Å². The Morgan fingerprint density at radius 2 is 1.45 bits per heavy atom. The monoisotopic (exact) mass is 266 g/mol. The predicted molar refractivity (Wildman–Crippen MR) is 76.2 cm³/mol. The van der Waals surface area contributed by atoms with Gasteiger partial charge >= 0.3 is 5.97 Å². The minimum Gasteiger partial charge on any atom is -0.458 e. The molecule has 0 fully saturated rings. The zero-order valence-corrected chi connectivity index (χ0v) is 10.9. The van der Waals surface area contributed by atoms with E-state index >= 15 is 0 Å². The lowest BCUT2D eigenvalue weighted by Gasteiger charge is -2.01. The van der Waals surface area contributed by atoms with Crippen LogP contribution in [0.2, 0.25) is 0 Å². The number of allylic oxidation sites excluding steroid dienone is 1. The molecule has 20 heavy (non-hydrogen) atoms. The van der Waals surface area contributed by atoms with E-state index in [0.717, 1.165) is 11.6 Å². The first kappa shape index (κ1) is 13.7. The third-order valence-corrected chi connectivity index (χ3v) is 2.65. The largest absolute Gasteiger partial charge is 0.458 e. The minimum absolute atomic E-state index is 0.198. The van der Waals surface area contributed by atoms with Crippen molar-refractivity contribution in [3.8, 4) is 0 Å². The summed E-state index contributed by atoms with van der Waals surface area (Å²) in [6.07, 6.45) is 2.38. The summed E-state index contributed by atoms with van der Waals surface area (Å²) >= 11 is 0. The topological polar surface area (TPSA) is 43.4 Å². The summed E-state index contributed by atoms with van der Waals surface area (Å²) in [4.78, 5) is 23.2. The van der Waals surface area contributed by atoms with E-state index < -0.39 is 5.97 Å². The number of ether oxygens (including phenoxy) is 1. The van der Waals surface area contributed by atoms with Gasteiger partial charge in [0.15, 0.2) is 5.78 Å². The van der Waals surface area contributed by atoms with Crippen molar-refractivity contribution in [3.05, 3.63) is 83.9 Å². The third kappa shape index (κ3) is 4.21. The quantitative estimate of drug-likeness (QED) is 0.474. The van der Waals surface area contributed by atoms with Crippen LogP contribution in [0, 0.1) is 0 Å². The fourth-order valence-electron chi connectivity index (χ4n) is 1.62. The molecule has 0 saturated heterocycles. The van der Waals surface area contributed by atoms with Crippen molar-refractivity contribution < 1.29 is 14.3 Å². The van der Waals surface area contributed by atoms with Gasteiger partial charge in [-0.25, -0.2) is 4.79 Å². The maximum atomic E-state index is 11.7. The molecule has 0 saturated carbocycles. The molecule has 0 bridgehead atoms. The molecule has 0 aliphatic rings. The highest BCUT2D eigenvalue weighted by Gasteiger charge is 2.02. The smallest absolute Gasteiger partial charge is 0.331 e. The van der Waals surface area contributed by atoms with Crippen molar-refractivity contribution in [2.75, 3.05) is 0 Å². The summed E-state index contributed by atoms with van der Waals surface area (Å²) < 4.78 is 5.04. The van der Waals surface area contributed by atoms with Gasteiger partial charge in [0.1, 0.15) is 6.61 Å². The van der Waals surface area contributed by atoms with Crippen molar-refractivity contribution >= 4 is 11.8 Å². The molecule has 2 rings (SSSR count). The number of ketones is 1. The molecule has 0 atom stereocenters. The van der Waals surface area contributed by atoms with Gasteiger partial charge in [0.05, 0.1) is 0 Å². The Morgan fingerprint density at radius 3 is 2.10 bits per heavy atom. The van der Waals surface area contributed by atoms with Crippen LogP contribution in [-0.4, -0.2) is 11.8 Å². The average molecular weight is 266 g/mol. The van der Waals surface area contributed by atoms with Gasteiger partial charge in [-0.1, -0.05) is 60.7 Å². The van der Waals surface area contributed by atoms with E-state index in [1.807, 2.05) is 36.4 Å². The summed E-state index contributed by atoms with van der Waals surface area (Å²) in [5, 5.41) is 0. The highest BCUT2D eigenvalue weighted by Crippen LogP contribution is 2.03. The fraction of sp³-hybridized carbons (Fsp3) is 0.0588. The fourth-order valence-corrected chi connectivity index (χ4v) is 1.62. The summed E-state index contributed by atoms with van der Waals surface area (Å²) in [7, 11) is 0. The number of esters is 1. The van der Waals surface area contributed by atoms with Gasteiger partial charge in [0.25, 0.3) is 0 Å². The highest BCUT2D eigenvalue weighted by atomic mass is 16.5. The number of hydrogen-bond acceptors (Lipinski definition) is 3. The normalized spacial score (nSPS) is 10.4. The lowest BCUT2D eigenvalue weighted by Crippen LogP contribution is -2.02. The van der Waals surface area contributed by atoms with Crippen molar-refractivity contribution in [2.45, 2.75) is 6.61 Å². The van der Waals surface area contributed by atoms with E-state index in [1.165, 1.54) is 6.08 Å². The number of carbonyl (C=O) groups is 2. The Kier molecular flexibility index (Phi) is 4.84. The molecule has 0 heterocycles. The molecule has 3 heteroatoms. The standard InChI is InChI=1S/C17H14O3/c18-16(15-9-5-2-6-10-15)11-12-17(19)20-13-14-7-3-1-4-8-14/h1-12H,13H2. The van der Waals surface area contributed by atoms with Crippen LogP contribution < -0.4 is 0 Å². The number of rotatable bonds is 5. The van der Waals surface area contributed by atoms with Gasteiger partial charge < -0.3 is 4.74 Å². The molecule has 0 aromatic heterocycles. The zero-order valence-electron chi connectivity index (χ0n) is 10.9. The lowest BCUT2D eigenvalue weighted by atomic mass is 10.1. The van der Waals surface area contributed by atoms with E-state index in [1.54, 1.807) is 24.3 Å². The Morgan fingerprint density at radius 1 is 0.850 bits per heavy atom. The van der Waals surface area contributed by atoms with Gasteiger partial charge in [0.2, 0.25) is 0 Å². The Bertz CT molecular complexity index is 601. The molecule has 0 aliphatic carbocycles. The molecule has 0 N–H and O–H groups in total. The van der Waals surface area contributed by atoms with Crippen LogP contribution in [0.25, 0.3) is 0 Å². The van der Waals surface area contributed by atoms with Crippen molar-refractivity contribution in [2.24, 2.45) is 0 Å². The predicted octanol–water partition coefficient (Wildman–Crippen LogP) is 3.17. The van der Waals surface area contributed by atoms with E-state index in [2.05, 4.69) is 0 Å². The molecule has 0 spiro atoms. The molecule has 2 aromatic carbocycles. The Labute approximate surface area is 117 Å². The third-order valence-electron chi connectivity index (χ3n) is 2.65. The molecule has 3 nitrogen and oxygen atoms in total. The van der Waals surface area contributed by atoms with Crippen LogP contribution in [0.1, 0.15) is 15.9 Å². The van der Waals surface area contributed by atoms with Gasteiger partial charge in [-0.2, -0.15) is 0 Å². The molecule has 0 unspecified atom stereocenters. The Balaban J connectivity index is 1.85. The van der Waals surface area contributed by atoms with Crippen molar-refractivity contribution in [1.82, 2.24) is 0 Å². The molecule has 0 aliphatic heterocycles. The second-order valence-corrected chi connectivity index (χ2v) is 4.16. The highest BCUT2D eigenvalue weighted by molar-refractivity contribution is 6.06. The summed E-state index contributed by atoms with van der Waals surface area (Å²) in [6, 6.07) is 18.1. The minimum atomic E-state index is -0.530. The first-order chi connectivity index (χ1) is 9.75. The van der Waals surface area contributed by atoms with Gasteiger partial charge in [-0.05, 0) is 11.6 Å². The second-order valence-electron chi connectivity index (χ2n) is 4.16. The van der Waals surface area contributed by atoms with Crippen LogP contribution in [0.3, 0.4) is 0 Å². The maximum Gasteiger partial charge on any atom is 0.331 e. The zero-order chi connectivity index (χ0) is 14.2. The van der Waals surface area contributed by atoms with Crippen molar-refractivity contribution in [1.29, 1.82) is 0 Å². The maximum absolute atomic E-state index is 11.7. The molecule has 2 aromatic rings. The van der Waals surface area contributed by atoms with Gasteiger partial charge in [-0.3, -0.25) is 4.79 Å². The Hall–Kier alpha value is -2.68. The van der Waals surface area contributed by atoms with Crippen LogP contribution in [0.5, 0.6) is 0 Å². The van der Waals surface area contributed by atoms with Gasteiger partial charge in [-0.15, -0.1) is 0 Å². The van der Waals surface area contributed by atoms with Crippen LogP contribution >= 0.6 is 0 Å². The molecular weight excluding hydrogens is 252 g/mol. The first-order valence-electron chi connectivity index (χ1n) is 6.24. The number of carbonyl (C=O) groups excluding carboxylic acids is 2. The molecule has 100 valence electrons. The summed E-state index contributed by atoms with van der Waals surface area (Å²) in [5.74, 6) is -0.750. The number of hydrogen-bond donors (Lipinski definition) is 0. The second kappa shape index (κ2) is 7.04. The first-order valence-corrected chi connectivity index (χ1v) is 6.24. The van der Waals surface area contributed by atoms with Gasteiger partial charge in [0, 0.05) is 11.6 Å². The van der Waals surface area contributed by atoms with Crippen LogP contribution in [-0.2, 0) is 16.1 Å². The summed E-state index contributed by atoms with van der Waals surface area (Å²) in [5.41, 5.74) is 1.45. The van der Waals surface area contributed by atoms with E-state index in [9.17, 15) is 9.59 Å². The molecule has 0 amide bonds. The van der Waals surface area contributed by atoms with E-state index in [0.29, 0.717) is 5.56 Å². The molecule has 0 radical (unpaired) electrons.